The van der Waals surface area contributed by atoms with Crippen molar-refractivity contribution < 1.29 is 4.74 Å². The molecule has 25 heavy (non-hydrogen) atoms. The van der Waals surface area contributed by atoms with Gasteiger partial charge in [-0.15, -0.1) is 24.0 Å². The van der Waals surface area contributed by atoms with E-state index in [1.54, 1.807) is 0 Å². The van der Waals surface area contributed by atoms with E-state index in [2.05, 4.69) is 22.7 Å². The molecule has 3 fully saturated rings. The fraction of sp³-hybridized carbons (Fsp3) is 0.778. The van der Waals surface area contributed by atoms with Gasteiger partial charge in [0.25, 0.3) is 0 Å². The van der Waals surface area contributed by atoms with Gasteiger partial charge in [-0.2, -0.15) is 5.10 Å². The Bertz CT molecular complexity index is 610. The van der Waals surface area contributed by atoms with Crippen molar-refractivity contribution in [2.45, 2.75) is 57.7 Å². The molecular formula is C18H30IN5O. The summed E-state index contributed by atoms with van der Waals surface area (Å²) < 4.78 is 7.97. The summed E-state index contributed by atoms with van der Waals surface area (Å²) >= 11 is 0. The molecule has 1 aromatic rings. The van der Waals surface area contributed by atoms with Crippen LogP contribution in [0.5, 0.6) is 0 Å². The minimum Gasteiger partial charge on any atom is -0.377 e. The molecule has 3 unspecified atom stereocenters. The predicted molar refractivity (Wildman–Crippen MR) is 109 cm³/mol. The monoisotopic (exact) mass is 459 g/mol. The van der Waals surface area contributed by atoms with Crippen molar-refractivity contribution in [2.75, 3.05) is 13.2 Å². The van der Waals surface area contributed by atoms with E-state index in [4.69, 9.17) is 9.73 Å². The Hall–Kier alpha value is -0.830. The SMILES string of the molecule is CCNC(=NCc1ccnn1C)NC1C2CCOC2C12CCCC2.I. The molecule has 0 aromatic carbocycles. The minimum absolute atomic E-state index is 0. The number of guanidine groups is 1. The molecule has 6 nitrogen and oxygen atoms in total. The first-order valence-electron chi connectivity index (χ1n) is 9.38. The van der Waals surface area contributed by atoms with Crippen LogP contribution in [0.25, 0.3) is 0 Å². The van der Waals surface area contributed by atoms with Crippen LogP contribution in [0.3, 0.4) is 0 Å². The van der Waals surface area contributed by atoms with Crippen molar-refractivity contribution in [3.63, 3.8) is 0 Å². The van der Waals surface area contributed by atoms with E-state index in [9.17, 15) is 0 Å². The highest BCUT2D eigenvalue weighted by atomic mass is 127. The first-order chi connectivity index (χ1) is 11.7. The van der Waals surface area contributed by atoms with Crippen LogP contribution in [0.15, 0.2) is 17.3 Å². The van der Waals surface area contributed by atoms with E-state index in [0.29, 0.717) is 30.0 Å². The van der Waals surface area contributed by atoms with Crippen molar-refractivity contribution in [3.05, 3.63) is 18.0 Å². The molecule has 1 saturated heterocycles. The van der Waals surface area contributed by atoms with Gasteiger partial charge in [-0.05, 0) is 32.3 Å². The van der Waals surface area contributed by atoms with E-state index in [0.717, 1.165) is 24.8 Å². The maximum absolute atomic E-state index is 6.08. The Balaban J connectivity index is 0.00000182. The maximum Gasteiger partial charge on any atom is 0.191 e. The summed E-state index contributed by atoms with van der Waals surface area (Å²) in [5.41, 5.74) is 1.47. The summed E-state index contributed by atoms with van der Waals surface area (Å²) in [7, 11) is 1.96. The molecule has 2 aliphatic carbocycles. The number of aryl methyl sites for hydroxylation is 1. The van der Waals surface area contributed by atoms with Crippen molar-refractivity contribution in [1.82, 2.24) is 20.4 Å². The number of aromatic nitrogens is 2. The fourth-order valence-electron chi connectivity index (χ4n) is 5.09. The second kappa shape index (κ2) is 7.82. The van der Waals surface area contributed by atoms with Crippen LogP contribution < -0.4 is 10.6 Å². The first kappa shape index (κ1) is 18.9. The number of hydrogen-bond donors (Lipinski definition) is 2. The van der Waals surface area contributed by atoms with Crippen LogP contribution in [0.4, 0.5) is 0 Å². The summed E-state index contributed by atoms with van der Waals surface area (Å²) in [6.07, 6.45) is 8.77. The van der Waals surface area contributed by atoms with Gasteiger partial charge in [0, 0.05) is 43.8 Å². The lowest BCUT2D eigenvalue weighted by molar-refractivity contribution is -0.125. The number of nitrogens with zero attached hydrogens (tertiary/aromatic N) is 3. The molecule has 3 atom stereocenters. The minimum atomic E-state index is 0. The highest BCUT2D eigenvalue weighted by Gasteiger charge is 2.65. The smallest absolute Gasteiger partial charge is 0.191 e. The molecule has 3 aliphatic rings. The maximum atomic E-state index is 6.08. The van der Waals surface area contributed by atoms with Crippen LogP contribution in [0, 0.1) is 11.3 Å². The zero-order valence-electron chi connectivity index (χ0n) is 15.2. The largest absolute Gasteiger partial charge is 0.377 e. The van der Waals surface area contributed by atoms with Crippen LogP contribution >= 0.6 is 24.0 Å². The number of fused-ring (bicyclic) bond motifs is 2. The van der Waals surface area contributed by atoms with Gasteiger partial charge in [0.15, 0.2) is 5.96 Å². The van der Waals surface area contributed by atoms with Crippen molar-refractivity contribution >= 4 is 29.9 Å². The number of rotatable bonds is 4. The lowest BCUT2D eigenvalue weighted by Gasteiger charge is -2.57. The molecule has 140 valence electrons. The number of ether oxygens (including phenoxy) is 1. The molecule has 4 rings (SSSR count). The highest BCUT2D eigenvalue weighted by Crippen LogP contribution is 2.60. The van der Waals surface area contributed by atoms with E-state index < -0.39 is 0 Å². The van der Waals surface area contributed by atoms with Crippen LogP contribution in [0.1, 0.15) is 44.7 Å². The molecule has 1 aliphatic heterocycles. The second-order valence-corrected chi connectivity index (χ2v) is 7.45. The Morgan fingerprint density at radius 1 is 1.44 bits per heavy atom. The number of halogens is 1. The average molecular weight is 459 g/mol. The normalized spacial score (nSPS) is 29.8. The van der Waals surface area contributed by atoms with Gasteiger partial charge in [-0.1, -0.05) is 12.8 Å². The van der Waals surface area contributed by atoms with Gasteiger partial charge in [0.05, 0.1) is 18.3 Å². The summed E-state index contributed by atoms with van der Waals surface area (Å²) in [5, 5.41) is 11.4. The van der Waals surface area contributed by atoms with Gasteiger partial charge < -0.3 is 15.4 Å². The summed E-state index contributed by atoms with van der Waals surface area (Å²) in [5.74, 6) is 1.59. The van der Waals surface area contributed by atoms with E-state index in [1.807, 2.05) is 24.0 Å². The molecular weight excluding hydrogens is 429 g/mol. The van der Waals surface area contributed by atoms with Crippen LogP contribution in [-0.4, -0.2) is 41.0 Å². The lowest BCUT2D eigenvalue weighted by Crippen LogP contribution is -2.69. The molecule has 2 N–H and O–H groups in total. The summed E-state index contributed by atoms with van der Waals surface area (Å²) in [6, 6.07) is 2.53. The van der Waals surface area contributed by atoms with Crippen molar-refractivity contribution in [3.8, 4) is 0 Å². The van der Waals surface area contributed by atoms with E-state index in [1.165, 1.54) is 32.1 Å². The number of nitrogens with one attached hydrogen (secondary N) is 2. The molecule has 2 saturated carbocycles. The standard InChI is InChI=1S/C18H29N5O.HI/c1-3-19-17(20-12-13-6-10-21-23(13)2)22-15-14-7-11-24-16(14)18(15)8-4-5-9-18;/h6,10,14-16H,3-5,7-9,11-12H2,1-2H3,(H2,19,20,22);1H. The van der Waals surface area contributed by atoms with Gasteiger partial charge >= 0.3 is 0 Å². The van der Waals surface area contributed by atoms with Gasteiger partial charge in [-0.25, -0.2) is 4.99 Å². The second-order valence-electron chi connectivity index (χ2n) is 7.45. The predicted octanol–water partition coefficient (Wildman–Crippen LogP) is 2.44. The van der Waals surface area contributed by atoms with Gasteiger partial charge in [0.1, 0.15) is 0 Å². The zero-order valence-corrected chi connectivity index (χ0v) is 17.5. The summed E-state index contributed by atoms with van der Waals surface area (Å²) in [6.45, 7) is 4.57. The molecule has 1 spiro atoms. The Morgan fingerprint density at radius 3 is 2.92 bits per heavy atom. The molecule has 7 heteroatoms. The van der Waals surface area contributed by atoms with Crippen LogP contribution in [-0.2, 0) is 18.3 Å². The topological polar surface area (TPSA) is 63.5 Å². The molecule has 2 heterocycles. The highest BCUT2D eigenvalue weighted by molar-refractivity contribution is 14.0. The fourth-order valence-corrected chi connectivity index (χ4v) is 5.09. The molecule has 0 radical (unpaired) electrons. The summed E-state index contributed by atoms with van der Waals surface area (Å²) in [4.78, 5) is 4.80. The van der Waals surface area contributed by atoms with E-state index in [-0.39, 0.29) is 24.0 Å². The third-order valence-corrected chi connectivity index (χ3v) is 6.24. The van der Waals surface area contributed by atoms with Crippen molar-refractivity contribution in [2.24, 2.45) is 23.4 Å². The molecule has 0 amide bonds. The first-order valence-corrected chi connectivity index (χ1v) is 9.38. The zero-order chi connectivity index (χ0) is 16.6. The van der Waals surface area contributed by atoms with Gasteiger partial charge in [-0.3, -0.25) is 4.68 Å². The van der Waals surface area contributed by atoms with Crippen molar-refractivity contribution in [1.29, 1.82) is 0 Å². The van der Waals surface area contributed by atoms with E-state index >= 15 is 0 Å². The average Bonchev–Trinajstić information content (AvgIpc) is 3.30. The molecule has 0 bridgehead atoms. The molecule has 1 aromatic heterocycles. The Kier molecular flexibility index (Phi) is 5.92. The third kappa shape index (κ3) is 3.29. The Labute approximate surface area is 167 Å². The lowest BCUT2D eigenvalue weighted by atomic mass is 9.54. The quantitative estimate of drug-likeness (QED) is 0.413. The third-order valence-electron chi connectivity index (χ3n) is 6.24. The Morgan fingerprint density at radius 2 is 2.24 bits per heavy atom. The number of hydrogen-bond acceptors (Lipinski definition) is 3. The number of aliphatic imine (C=N–C) groups is 1. The van der Waals surface area contributed by atoms with Crippen LogP contribution in [0.2, 0.25) is 0 Å². The van der Waals surface area contributed by atoms with Gasteiger partial charge in [0.2, 0.25) is 0 Å².